The first kappa shape index (κ1) is 15.5. The Bertz CT molecular complexity index is 805. The molecule has 6 heteroatoms. The molecule has 0 bridgehead atoms. The number of nitrogens with one attached hydrogen (secondary N) is 1. The zero-order chi connectivity index (χ0) is 17.1. The van der Waals surface area contributed by atoms with Crippen molar-refractivity contribution in [3.05, 3.63) is 71.3 Å². The summed E-state index contributed by atoms with van der Waals surface area (Å²) in [5, 5.41) is 0.728. The summed E-state index contributed by atoms with van der Waals surface area (Å²) in [7, 11) is 1.57. The van der Waals surface area contributed by atoms with E-state index in [-0.39, 0.29) is 11.1 Å². The molecule has 3 amide bonds. The Morgan fingerprint density at radius 3 is 2.12 bits per heavy atom. The van der Waals surface area contributed by atoms with Gasteiger partial charge in [-0.2, -0.15) is 5.01 Å². The van der Waals surface area contributed by atoms with Crippen LogP contribution in [0.4, 0.5) is 0 Å². The van der Waals surface area contributed by atoms with Crippen molar-refractivity contribution < 1.29 is 19.1 Å². The van der Waals surface area contributed by atoms with E-state index in [0.717, 1.165) is 10.6 Å². The summed E-state index contributed by atoms with van der Waals surface area (Å²) in [6.45, 7) is 0. The average molecular weight is 322 g/mol. The van der Waals surface area contributed by atoms with Gasteiger partial charge < -0.3 is 4.74 Å². The van der Waals surface area contributed by atoms with E-state index in [4.69, 9.17) is 4.74 Å². The van der Waals surface area contributed by atoms with Gasteiger partial charge in [0.1, 0.15) is 5.75 Å². The zero-order valence-corrected chi connectivity index (χ0v) is 12.9. The maximum atomic E-state index is 12.1. The number of hydrogen-bond acceptors (Lipinski definition) is 4. The average Bonchev–Trinajstić information content (AvgIpc) is 2.86. The highest BCUT2D eigenvalue weighted by molar-refractivity contribution is 6.21. The monoisotopic (exact) mass is 322 g/mol. The van der Waals surface area contributed by atoms with E-state index in [1.54, 1.807) is 61.7 Å². The summed E-state index contributed by atoms with van der Waals surface area (Å²) in [5.41, 5.74) is 3.65. The van der Waals surface area contributed by atoms with E-state index in [0.29, 0.717) is 5.75 Å². The summed E-state index contributed by atoms with van der Waals surface area (Å²) in [5.74, 6) is -0.938. The van der Waals surface area contributed by atoms with Crippen molar-refractivity contribution in [1.29, 1.82) is 0 Å². The third kappa shape index (κ3) is 2.89. The molecule has 0 radical (unpaired) electrons. The van der Waals surface area contributed by atoms with Crippen LogP contribution >= 0.6 is 0 Å². The van der Waals surface area contributed by atoms with Crippen molar-refractivity contribution in [2.75, 3.05) is 7.11 Å². The van der Waals surface area contributed by atoms with Crippen LogP contribution in [0.15, 0.2) is 54.6 Å². The van der Waals surface area contributed by atoms with Gasteiger partial charge in [0.25, 0.3) is 17.7 Å². The molecule has 0 fully saturated rings. The number of rotatable bonds is 4. The lowest BCUT2D eigenvalue weighted by atomic mass is 10.1. The van der Waals surface area contributed by atoms with Gasteiger partial charge in [0.2, 0.25) is 0 Å². The maximum Gasteiger partial charge on any atom is 0.280 e. The second-order valence-electron chi connectivity index (χ2n) is 5.07. The van der Waals surface area contributed by atoms with Gasteiger partial charge in [-0.25, -0.2) is 0 Å². The summed E-state index contributed by atoms with van der Waals surface area (Å²) in [6, 6.07) is 13.5. The van der Waals surface area contributed by atoms with Gasteiger partial charge in [-0.15, -0.1) is 0 Å². The van der Waals surface area contributed by atoms with Gasteiger partial charge in [0.15, 0.2) is 0 Å². The molecule has 1 aliphatic rings. The molecule has 6 nitrogen and oxygen atoms in total. The number of fused-ring (bicyclic) bond motifs is 1. The summed E-state index contributed by atoms with van der Waals surface area (Å²) >= 11 is 0. The fourth-order valence-electron chi connectivity index (χ4n) is 2.33. The Labute approximate surface area is 138 Å². The molecule has 0 atom stereocenters. The number of benzene rings is 2. The van der Waals surface area contributed by atoms with E-state index in [1.165, 1.54) is 6.08 Å². The van der Waals surface area contributed by atoms with Crippen LogP contribution in [0, 0.1) is 0 Å². The van der Waals surface area contributed by atoms with Crippen LogP contribution in [0.5, 0.6) is 5.75 Å². The molecule has 2 aromatic carbocycles. The number of carbonyl (C=O) groups excluding carboxylic acids is 3. The highest BCUT2D eigenvalue weighted by Gasteiger charge is 2.36. The SMILES string of the molecule is COc1ccc(/C=C/C(=O)NN2C(=O)c3ccccc3C2=O)cc1. The molecule has 0 unspecified atom stereocenters. The minimum Gasteiger partial charge on any atom is -0.497 e. The Morgan fingerprint density at radius 1 is 1.00 bits per heavy atom. The highest BCUT2D eigenvalue weighted by Crippen LogP contribution is 2.20. The molecule has 1 heterocycles. The van der Waals surface area contributed by atoms with E-state index < -0.39 is 17.7 Å². The fourth-order valence-corrected chi connectivity index (χ4v) is 2.33. The van der Waals surface area contributed by atoms with Crippen LogP contribution in [-0.4, -0.2) is 29.8 Å². The number of nitrogens with zero attached hydrogens (tertiary/aromatic N) is 1. The second-order valence-corrected chi connectivity index (χ2v) is 5.07. The van der Waals surface area contributed by atoms with Crippen molar-refractivity contribution in [1.82, 2.24) is 10.4 Å². The first-order valence-electron chi connectivity index (χ1n) is 7.20. The van der Waals surface area contributed by atoms with Gasteiger partial charge >= 0.3 is 0 Å². The lowest BCUT2D eigenvalue weighted by Gasteiger charge is -2.13. The van der Waals surface area contributed by atoms with Crippen LogP contribution in [-0.2, 0) is 4.79 Å². The van der Waals surface area contributed by atoms with Crippen LogP contribution in [0.3, 0.4) is 0 Å². The van der Waals surface area contributed by atoms with Crippen LogP contribution in [0.2, 0.25) is 0 Å². The Hall–Kier alpha value is -3.41. The number of ether oxygens (including phenoxy) is 1. The molecule has 0 spiro atoms. The number of amides is 3. The second kappa shape index (κ2) is 6.37. The largest absolute Gasteiger partial charge is 0.497 e. The zero-order valence-electron chi connectivity index (χ0n) is 12.9. The summed E-state index contributed by atoms with van der Waals surface area (Å²) in [6.07, 6.45) is 2.83. The first-order valence-corrected chi connectivity index (χ1v) is 7.20. The van der Waals surface area contributed by atoms with E-state index in [1.807, 2.05) is 0 Å². The maximum absolute atomic E-state index is 12.1. The van der Waals surface area contributed by atoms with E-state index in [9.17, 15) is 14.4 Å². The predicted octanol–water partition coefficient (Wildman–Crippen LogP) is 2.04. The minimum atomic E-state index is -0.569. The molecule has 0 aromatic heterocycles. The Morgan fingerprint density at radius 2 is 1.58 bits per heavy atom. The van der Waals surface area contributed by atoms with Crippen molar-refractivity contribution >= 4 is 23.8 Å². The van der Waals surface area contributed by atoms with Crippen molar-refractivity contribution in [2.45, 2.75) is 0 Å². The number of hydrogen-bond donors (Lipinski definition) is 1. The standard InChI is InChI=1S/C18H14N2O4/c1-24-13-9-6-12(7-10-13)8-11-16(21)19-20-17(22)14-4-2-3-5-15(14)18(20)23/h2-11H,1H3,(H,19,21)/b11-8+. The number of hydrazine groups is 1. The van der Waals surface area contributed by atoms with Crippen LogP contribution in [0.1, 0.15) is 26.3 Å². The molecule has 0 saturated heterocycles. The molecule has 24 heavy (non-hydrogen) atoms. The Balaban J connectivity index is 1.68. The van der Waals surface area contributed by atoms with Crippen LogP contribution < -0.4 is 10.2 Å². The van der Waals surface area contributed by atoms with Crippen molar-refractivity contribution in [2.24, 2.45) is 0 Å². The third-order valence-electron chi connectivity index (χ3n) is 3.56. The summed E-state index contributed by atoms with van der Waals surface area (Å²) < 4.78 is 5.05. The van der Waals surface area contributed by atoms with Crippen molar-refractivity contribution in [3.8, 4) is 5.75 Å². The smallest absolute Gasteiger partial charge is 0.280 e. The first-order chi connectivity index (χ1) is 11.6. The van der Waals surface area contributed by atoms with Gasteiger partial charge in [-0.3, -0.25) is 19.8 Å². The normalized spacial score (nSPS) is 13.3. The number of imide groups is 1. The molecule has 0 aliphatic carbocycles. The van der Waals surface area contributed by atoms with E-state index >= 15 is 0 Å². The van der Waals surface area contributed by atoms with Gasteiger partial charge in [-0.05, 0) is 35.9 Å². The highest BCUT2D eigenvalue weighted by atomic mass is 16.5. The third-order valence-corrected chi connectivity index (χ3v) is 3.56. The molecule has 1 aliphatic heterocycles. The van der Waals surface area contributed by atoms with Crippen LogP contribution in [0.25, 0.3) is 6.08 Å². The fraction of sp³-hybridized carbons (Fsp3) is 0.0556. The van der Waals surface area contributed by atoms with E-state index in [2.05, 4.69) is 5.43 Å². The molecule has 1 N–H and O–H groups in total. The topological polar surface area (TPSA) is 75.7 Å². The quantitative estimate of drug-likeness (QED) is 0.690. The molecule has 2 aromatic rings. The van der Waals surface area contributed by atoms with Gasteiger partial charge in [0, 0.05) is 6.08 Å². The molecule has 120 valence electrons. The summed E-state index contributed by atoms with van der Waals surface area (Å²) in [4.78, 5) is 36.2. The Kier molecular flexibility index (Phi) is 4.11. The number of carbonyl (C=O) groups is 3. The van der Waals surface area contributed by atoms with Gasteiger partial charge in [-0.1, -0.05) is 24.3 Å². The molecular formula is C18H14N2O4. The molecular weight excluding hydrogens is 308 g/mol. The molecule has 3 rings (SSSR count). The number of methoxy groups -OCH3 is 1. The lowest BCUT2D eigenvalue weighted by Crippen LogP contribution is -2.45. The van der Waals surface area contributed by atoms with Crippen molar-refractivity contribution in [3.63, 3.8) is 0 Å². The lowest BCUT2D eigenvalue weighted by molar-refractivity contribution is -0.119. The predicted molar refractivity (Wildman–Crippen MR) is 87.1 cm³/mol. The van der Waals surface area contributed by atoms with Gasteiger partial charge in [0.05, 0.1) is 18.2 Å². The molecule has 0 saturated carbocycles. The minimum absolute atomic E-state index is 0.280.